The smallest absolute Gasteiger partial charge is 0.261 e. The number of nitrogens with one attached hydrogen (secondary N) is 2. The van der Waals surface area contributed by atoms with Gasteiger partial charge in [-0.15, -0.1) is 0 Å². The lowest BCUT2D eigenvalue weighted by molar-refractivity contribution is -0.125. The van der Waals surface area contributed by atoms with Crippen LogP contribution in [0.3, 0.4) is 0 Å². The van der Waals surface area contributed by atoms with E-state index < -0.39 is 0 Å². The summed E-state index contributed by atoms with van der Waals surface area (Å²) in [4.78, 5) is 35.8. The highest BCUT2D eigenvalue weighted by Gasteiger charge is 2.26. The predicted octanol–water partition coefficient (Wildman–Crippen LogP) is 4.07. The molecule has 34 heavy (non-hydrogen) atoms. The Balaban J connectivity index is 1.42. The summed E-state index contributed by atoms with van der Waals surface area (Å²) >= 11 is 1.31. The molecule has 8 nitrogen and oxygen atoms in total. The van der Waals surface area contributed by atoms with E-state index in [4.69, 9.17) is 9.72 Å². The third kappa shape index (κ3) is 4.29. The maximum absolute atomic E-state index is 13.1. The Hall–Kier alpha value is -2.94. The summed E-state index contributed by atoms with van der Waals surface area (Å²) in [5.41, 5.74) is 2.58. The number of anilines is 1. The van der Waals surface area contributed by atoms with Crippen molar-refractivity contribution in [3.05, 3.63) is 34.2 Å². The molecule has 0 radical (unpaired) electrons. The summed E-state index contributed by atoms with van der Waals surface area (Å²) in [7, 11) is 3.32. The normalized spacial score (nSPS) is 17.8. The average Bonchev–Trinajstić information content (AvgIpc) is 3.33. The van der Waals surface area contributed by atoms with Crippen LogP contribution in [0.5, 0.6) is 5.75 Å². The van der Waals surface area contributed by atoms with Crippen LogP contribution >= 0.6 is 11.5 Å². The molecule has 2 fully saturated rings. The molecule has 1 amide bonds. The highest BCUT2D eigenvalue weighted by atomic mass is 32.1. The number of fused-ring (bicyclic) bond motifs is 1. The van der Waals surface area contributed by atoms with Gasteiger partial charge in [-0.3, -0.25) is 9.59 Å². The summed E-state index contributed by atoms with van der Waals surface area (Å²) in [5, 5.41) is 3.40. The first-order valence-electron chi connectivity index (χ1n) is 12.1. The van der Waals surface area contributed by atoms with Crippen LogP contribution in [0.25, 0.3) is 21.6 Å². The zero-order valence-corrected chi connectivity index (χ0v) is 20.5. The van der Waals surface area contributed by atoms with Crippen molar-refractivity contribution >= 4 is 33.3 Å². The number of aromatic nitrogens is 3. The number of ether oxygens (including phenoxy) is 1. The van der Waals surface area contributed by atoms with Gasteiger partial charge in [-0.05, 0) is 49.3 Å². The van der Waals surface area contributed by atoms with E-state index in [1.165, 1.54) is 30.8 Å². The number of methoxy groups -OCH3 is 1. The second-order valence-electron chi connectivity index (χ2n) is 9.26. The summed E-state index contributed by atoms with van der Waals surface area (Å²) in [6.45, 7) is 1.62. The van der Waals surface area contributed by atoms with Gasteiger partial charge in [-0.25, -0.2) is 4.98 Å². The molecule has 0 atom stereocenters. The number of carbonyl (C=O) groups excluding carboxylic acids is 1. The molecule has 1 saturated carbocycles. The molecule has 9 heteroatoms. The Kier molecular flexibility index (Phi) is 6.54. The fourth-order valence-corrected chi connectivity index (χ4v) is 6.19. The molecule has 0 spiro atoms. The van der Waals surface area contributed by atoms with Crippen LogP contribution in [0.1, 0.15) is 56.6 Å². The van der Waals surface area contributed by atoms with Gasteiger partial charge in [0.05, 0.1) is 18.4 Å². The Morgan fingerprint density at radius 1 is 1.18 bits per heavy atom. The monoisotopic (exact) mass is 481 g/mol. The van der Waals surface area contributed by atoms with Crippen molar-refractivity contribution < 1.29 is 9.53 Å². The number of aromatic amines is 1. The highest BCUT2D eigenvalue weighted by Crippen LogP contribution is 2.37. The van der Waals surface area contributed by atoms with Gasteiger partial charge in [0, 0.05) is 43.7 Å². The van der Waals surface area contributed by atoms with Crippen LogP contribution in [0.4, 0.5) is 5.69 Å². The van der Waals surface area contributed by atoms with Crippen molar-refractivity contribution in [2.45, 2.75) is 50.9 Å². The fraction of sp³-hybridized carbons (Fsp3) is 0.520. The van der Waals surface area contributed by atoms with Crippen LogP contribution < -0.4 is 20.5 Å². The molecule has 0 bridgehead atoms. The molecule has 1 aliphatic heterocycles. The molecule has 2 N–H and O–H groups in total. The van der Waals surface area contributed by atoms with Gasteiger partial charge in [0.1, 0.15) is 17.0 Å². The van der Waals surface area contributed by atoms with Crippen molar-refractivity contribution in [3.63, 3.8) is 0 Å². The molecule has 3 heterocycles. The highest BCUT2D eigenvalue weighted by molar-refractivity contribution is 7.12. The summed E-state index contributed by atoms with van der Waals surface area (Å²) in [5.74, 6) is 1.70. The third-order valence-corrected chi connectivity index (χ3v) is 8.04. The maximum Gasteiger partial charge on any atom is 0.261 e. The number of nitrogens with zero attached hydrogens (tertiary/aromatic N) is 3. The summed E-state index contributed by atoms with van der Waals surface area (Å²) in [6, 6.07) is 5.97. The Labute approximate surface area is 202 Å². The molecule has 3 aromatic rings. The lowest BCUT2D eigenvalue weighted by atomic mass is 9.86. The molecule has 1 aromatic carbocycles. The minimum absolute atomic E-state index is 0.0707. The molecular formula is C25H31N5O3S. The molecular weight excluding hydrogens is 450 g/mol. The Morgan fingerprint density at radius 2 is 1.94 bits per heavy atom. The quantitative estimate of drug-likeness (QED) is 0.570. The molecule has 180 valence electrons. The lowest BCUT2D eigenvalue weighted by Gasteiger charge is -2.33. The van der Waals surface area contributed by atoms with Crippen LogP contribution in [0, 0.1) is 5.92 Å². The third-order valence-electron chi connectivity index (χ3n) is 7.28. The minimum atomic E-state index is -0.128. The number of piperidine rings is 1. The predicted molar refractivity (Wildman–Crippen MR) is 135 cm³/mol. The van der Waals surface area contributed by atoms with E-state index >= 15 is 0 Å². The Morgan fingerprint density at radius 3 is 2.65 bits per heavy atom. The molecule has 2 aliphatic rings. The van der Waals surface area contributed by atoms with Gasteiger partial charge in [0.25, 0.3) is 5.56 Å². The number of H-pyrrole nitrogens is 1. The first-order valence-corrected chi connectivity index (χ1v) is 12.9. The van der Waals surface area contributed by atoms with Gasteiger partial charge in [-0.1, -0.05) is 19.3 Å². The molecule has 1 aliphatic carbocycles. The van der Waals surface area contributed by atoms with E-state index in [9.17, 15) is 9.59 Å². The number of hydrogen-bond donors (Lipinski definition) is 2. The fourth-order valence-electron chi connectivity index (χ4n) is 5.34. The number of carbonyl (C=O) groups is 1. The van der Waals surface area contributed by atoms with Crippen LogP contribution in [0.2, 0.25) is 0 Å². The second-order valence-corrected chi connectivity index (χ2v) is 10.0. The Bertz CT molecular complexity index is 1240. The molecule has 5 rings (SSSR count). The van der Waals surface area contributed by atoms with Crippen molar-refractivity contribution in [2.24, 2.45) is 5.92 Å². The standard InChI is InChI=1S/C25H31N5O3S/c1-26-23(31)16-10-12-30(13-11-16)17-8-9-18(19(14-17)33-2)22-27-24(32)20-21(29-34-25(20)28-22)15-6-4-3-5-7-15/h8-9,14-16H,3-7,10-13H2,1-2H3,(H,26,31)(H,27,28,32). The summed E-state index contributed by atoms with van der Waals surface area (Å²) < 4.78 is 10.3. The van der Waals surface area contributed by atoms with Crippen LogP contribution in [-0.4, -0.2) is 47.5 Å². The number of amides is 1. The van der Waals surface area contributed by atoms with E-state index in [1.807, 2.05) is 18.2 Å². The van der Waals surface area contributed by atoms with Crippen molar-refractivity contribution in [1.29, 1.82) is 0 Å². The van der Waals surface area contributed by atoms with Gasteiger partial charge in [-0.2, -0.15) is 4.37 Å². The first-order chi connectivity index (χ1) is 16.6. The topological polar surface area (TPSA) is 100 Å². The SMILES string of the molecule is CNC(=O)C1CCN(c2ccc(-c3nc4snc(C5CCCCC5)c4c(=O)[nH]3)c(OC)c2)CC1. The van der Waals surface area contributed by atoms with E-state index in [-0.39, 0.29) is 17.4 Å². The van der Waals surface area contributed by atoms with Crippen LogP contribution in [0.15, 0.2) is 23.0 Å². The molecule has 2 aromatic heterocycles. The first kappa shape index (κ1) is 22.8. The van der Waals surface area contributed by atoms with Crippen molar-refractivity contribution in [3.8, 4) is 17.1 Å². The van der Waals surface area contributed by atoms with Crippen molar-refractivity contribution in [2.75, 3.05) is 32.1 Å². The van der Waals surface area contributed by atoms with Crippen molar-refractivity contribution in [1.82, 2.24) is 19.7 Å². The number of hydrogen-bond acceptors (Lipinski definition) is 7. The zero-order valence-electron chi connectivity index (χ0n) is 19.7. The maximum atomic E-state index is 13.1. The lowest BCUT2D eigenvalue weighted by Crippen LogP contribution is -2.39. The second kappa shape index (κ2) is 9.74. The van der Waals surface area contributed by atoms with Crippen LogP contribution in [-0.2, 0) is 4.79 Å². The summed E-state index contributed by atoms with van der Waals surface area (Å²) in [6.07, 6.45) is 7.48. The molecule has 1 saturated heterocycles. The van der Waals surface area contributed by atoms with Gasteiger partial charge in [0.15, 0.2) is 4.83 Å². The van der Waals surface area contributed by atoms with Gasteiger partial charge in [0.2, 0.25) is 5.91 Å². The molecule has 0 unspecified atom stereocenters. The number of benzene rings is 1. The zero-order chi connectivity index (χ0) is 23.7. The average molecular weight is 482 g/mol. The van der Waals surface area contributed by atoms with Gasteiger partial charge < -0.3 is 19.9 Å². The van der Waals surface area contributed by atoms with E-state index in [2.05, 4.69) is 19.6 Å². The van der Waals surface area contributed by atoms with E-state index in [0.29, 0.717) is 27.7 Å². The van der Waals surface area contributed by atoms with Gasteiger partial charge >= 0.3 is 0 Å². The number of rotatable bonds is 5. The van der Waals surface area contributed by atoms with E-state index in [0.717, 1.165) is 55.7 Å². The largest absolute Gasteiger partial charge is 0.496 e. The van der Waals surface area contributed by atoms with E-state index in [1.54, 1.807) is 14.2 Å². The minimum Gasteiger partial charge on any atom is -0.496 e.